The van der Waals surface area contributed by atoms with Crippen LogP contribution in [0.3, 0.4) is 0 Å². The molecule has 1 amide bonds. The Morgan fingerprint density at radius 1 is 1.50 bits per heavy atom. The molecule has 0 radical (unpaired) electrons. The molecule has 0 aromatic heterocycles. The van der Waals surface area contributed by atoms with Crippen LogP contribution < -0.4 is 0 Å². The minimum absolute atomic E-state index is 0.0624. The molecule has 0 bridgehead atoms. The largest absolute Gasteiger partial charge is 0.391 e. The number of β-amino-alcohol motifs (C(OH)–C–C–N with tert-alkyl or cyclic N) is 1. The van der Waals surface area contributed by atoms with Crippen LogP contribution in [0.25, 0.3) is 6.08 Å². The highest BCUT2D eigenvalue weighted by atomic mass is 35.5. The molecule has 2 unspecified atom stereocenters. The summed E-state index contributed by atoms with van der Waals surface area (Å²) in [7, 11) is 0. The molecule has 1 aromatic rings. The number of carbonyl (C=O) groups is 1. The molecule has 4 heteroatoms. The molecule has 0 aliphatic carbocycles. The summed E-state index contributed by atoms with van der Waals surface area (Å²) in [6, 6.07) is 5.70. The summed E-state index contributed by atoms with van der Waals surface area (Å²) in [4.78, 5) is 13.8. The van der Waals surface area contributed by atoms with E-state index in [0.717, 1.165) is 17.5 Å². The normalized spacial score (nSPS) is 23.3. The Bertz CT molecular complexity index is 527. The number of halogens is 1. The second-order valence-electron chi connectivity index (χ2n) is 5.46. The standard InChI is InChI=1S/C16H20ClNO2/c1-11-3-4-13(9-14(11)17)5-6-16(20)18-8-7-12(2)15(19)10-18/h3-6,9,12,15,19H,7-8,10H2,1-2H3/b6-5+. The summed E-state index contributed by atoms with van der Waals surface area (Å²) in [5.74, 6) is 0.201. The van der Waals surface area contributed by atoms with Crippen LogP contribution >= 0.6 is 11.6 Å². The van der Waals surface area contributed by atoms with Crippen molar-refractivity contribution in [2.45, 2.75) is 26.4 Å². The fourth-order valence-corrected chi connectivity index (χ4v) is 2.42. The maximum absolute atomic E-state index is 12.1. The number of rotatable bonds is 2. The molecular formula is C16H20ClNO2. The molecule has 1 aliphatic heterocycles. The van der Waals surface area contributed by atoms with Crippen molar-refractivity contribution in [3.63, 3.8) is 0 Å². The number of benzene rings is 1. The van der Waals surface area contributed by atoms with E-state index >= 15 is 0 Å². The lowest BCUT2D eigenvalue weighted by Crippen LogP contribution is -2.45. The van der Waals surface area contributed by atoms with Crippen LogP contribution in [0.1, 0.15) is 24.5 Å². The second-order valence-corrected chi connectivity index (χ2v) is 5.87. The van der Waals surface area contributed by atoms with Gasteiger partial charge in [-0.2, -0.15) is 0 Å². The number of aliphatic hydroxyl groups excluding tert-OH is 1. The van der Waals surface area contributed by atoms with Gasteiger partial charge in [0, 0.05) is 24.2 Å². The van der Waals surface area contributed by atoms with Crippen LogP contribution in [0, 0.1) is 12.8 Å². The summed E-state index contributed by atoms with van der Waals surface area (Å²) in [5.41, 5.74) is 1.92. The van der Waals surface area contributed by atoms with Gasteiger partial charge in [0.25, 0.3) is 0 Å². The van der Waals surface area contributed by atoms with Crippen LogP contribution in [-0.4, -0.2) is 35.1 Å². The number of likely N-dealkylation sites (tertiary alicyclic amines) is 1. The van der Waals surface area contributed by atoms with Crippen molar-refractivity contribution in [1.29, 1.82) is 0 Å². The van der Waals surface area contributed by atoms with Crippen molar-refractivity contribution in [2.24, 2.45) is 5.92 Å². The summed E-state index contributed by atoms with van der Waals surface area (Å²) in [6.07, 6.45) is 3.73. The van der Waals surface area contributed by atoms with Gasteiger partial charge in [-0.15, -0.1) is 0 Å². The molecular weight excluding hydrogens is 274 g/mol. The summed E-state index contributed by atoms with van der Waals surface area (Å²) in [6.45, 7) is 5.07. The number of nitrogens with zero attached hydrogens (tertiary/aromatic N) is 1. The molecule has 20 heavy (non-hydrogen) atoms. The first-order valence-electron chi connectivity index (χ1n) is 6.88. The number of aryl methyl sites for hydroxylation is 1. The van der Waals surface area contributed by atoms with Crippen LogP contribution in [0.4, 0.5) is 0 Å². The third-order valence-corrected chi connectivity index (χ3v) is 4.25. The van der Waals surface area contributed by atoms with Crippen LogP contribution in [0.2, 0.25) is 5.02 Å². The van der Waals surface area contributed by atoms with Crippen molar-refractivity contribution >= 4 is 23.6 Å². The zero-order valence-electron chi connectivity index (χ0n) is 11.8. The molecule has 1 heterocycles. The number of piperidine rings is 1. The Morgan fingerprint density at radius 3 is 2.90 bits per heavy atom. The van der Waals surface area contributed by atoms with Gasteiger partial charge in [-0.1, -0.05) is 30.7 Å². The molecule has 2 atom stereocenters. The Balaban J connectivity index is 2.00. The fourth-order valence-electron chi connectivity index (χ4n) is 2.23. The van der Waals surface area contributed by atoms with E-state index < -0.39 is 6.10 Å². The number of hydrogen-bond acceptors (Lipinski definition) is 2. The first-order valence-corrected chi connectivity index (χ1v) is 7.26. The highest BCUT2D eigenvalue weighted by Crippen LogP contribution is 2.19. The average Bonchev–Trinajstić information content (AvgIpc) is 2.43. The van der Waals surface area contributed by atoms with E-state index in [1.807, 2.05) is 32.0 Å². The van der Waals surface area contributed by atoms with Crippen molar-refractivity contribution in [3.8, 4) is 0 Å². The quantitative estimate of drug-likeness (QED) is 0.852. The Labute approximate surface area is 124 Å². The summed E-state index contributed by atoms with van der Waals surface area (Å²) >= 11 is 6.05. The molecule has 1 fully saturated rings. The predicted molar refractivity (Wildman–Crippen MR) is 81.6 cm³/mol. The van der Waals surface area contributed by atoms with E-state index in [4.69, 9.17) is 11.6 Å². The molecule has 2 rings (SSSR count). The minimum atomic E-state index is -0.421. The minimum Gasteiger partial charge on any atom is -0.391 e. The van der Waals surface area contributed by atoms with Gasteiger partial charge in [-0.3, -0.25) is 4.79 Å². The Kier molecular flexibility index (Phi) is 4.84. The lowest BCUT2D eigenvalue weighted by molar-refractivity contribution is -0.130. The van der Waals surface area contributed by atoms with Crippen LogP contribution in [-0.2, 0) is 4.79 Å². The molecule has 3 nitrogen and oxygen atoms in total. The van der Waals surface area contributed by atoms with Crippen LogP contribution in [0.15, 0.2) is 24.3 Å². The molecule has 1 N–H and O–H groups in total. The Morgan fingerprint density at radius 2 is 2.25 bits per heavy atom. The monoisotopic (exact) mass is 293 g/mol. The fraction of sp³-hybridized carbons (Fsp3) is 0.438. The molecule has 1 aliphatic rings. The second kappa shape index (κ2) is 6.42. The van der Waals surface area contributed by atoms with Crippen LogP contribution in [0.5, 0.6) is 0 Å². The predicted octanol–water partition coefficient (Wildman–Crippen LogP) is 2.89. The molecule has 1 saturated heterocycles. The highest BCUT2D eigenvalue weighted by Gasteiger charge is 2.26. The number of amides is 1. The van der Waals surface area contributed by atoms with Crippen molar-refractivity contribution in [2.75, 3.05) is 13.1 Å². The van der Waals surface area contributed by atoms with Crippen molar-refractivity contribution in [1.82, 2.24) is 4.90 Å². The zero-order chi connectivity index (χ0) is 14.7. The van der Waals surface area contributed by atoms with Gasteiger partial charge in [0.2, 0.25) is 5.91 Å². The van der Waals surface area contributed by atoms with Gasteiger partial charge in [-0.05, 0) is 42.5 Å². The van der Waals surface area contributed by atoms with E-state index in [1.54, 1.807) is 17.1 Å². The van der Waals surface area contributed by atoms with Crippen molar-refractivity contribution in [3.05, 3.63) is 40.4 Å². The zero-order valence-corrected chi connectivity index (χ0v) is 12.6. The molecule has 108 valence electrons. The van der Waals surface area contributed by atoms with Gasteiger partial charge in [0.1, 0.15) is 0 Å². The molecule has 0 spiro atoms. The maximum Gasteiger partial charge on any atom is 0.246 e. The third-order valence-electron chi connectivity index (χ3n) is 3.84. The maximum atomic E-state index is 12.1. The van der Waals surface area contributed by atoms with Gasteiger partial charge in [-0.25, -0.2) is 0 Å². The van der Waals surface area contributed by atoms with E-state index in [0.29, 0.717) is 18.1 Å². The molecule has 0 saturated carbocycles. The van der Waals surface area contributed by atoms with Crippen molar-refractivity contribution < 1.29 is 9.90 Å². The number of carbonyl (C=O) groups excluding carboxylic acids is 1. The number of aliphatic hydroxyl groups is 1. The first-order chi connectivity index (χ1) is 9.47. The third kappa shape index (κ3) is 3.62. The smallest absolute Gasteiger partial charge is 0.246 e. The topological polar surface area (TPSA) is 40.5 Å². The Hall–Kier alpha value is -1.32. The van der Waals surface area contributed by atoms with Gasteiger partial charge < -0.3 is 10.0 Å². The highest BCUT2D eigenvalue weighted by molar-refractivity contribution is 6.31. The van der Waals surface area contributed by atoms with E-state index in [1.165, 1.54) is 0 Å². The SMILES string of the molecule is Cc1ccc(/C=C/C(=O)N2CCC(C)C(O)C2)cc1Cl. The lowest BCUT2D eigenvalue weighted by atomic mass is 9.96. The molecule has 1 aromatic carbocycles. The lowest BCUT2D eigenvalue weighted by Gasteiger charge is -2.33. The van der Waals surface area contributed by atoms with E-state index in [9.17, 15) is 9.90 Å². The summed E-state index contributed by atoms with van der Waals surface area (Å²) < 4.78 is 0. The van der Waals surface area contributed by atoms with Gasteiger partial charge >= 0.3 is 0 Å². The number of hydrogen-bond donors (Lipinski definition) is 1. The van der Waals surface area contributed by atoms with Gasteiger partial charge in [0.05, 0.1) is 6.10 Å². The van der Waals surface area contributed by atoms with E-state index in [2.05, 4.69) is 0 Å². The van der Waals surface area contributed by atoms with Gasteiger partial charge in [0.15, 0.2) is 0 Å². The first kappa shape index (κ1) is 15.1. The average molecular weight is 294 g/mol. The van der Waals surface area contributed by atoms with E-state index in [-0.39, 0.29) is 11.8 Å². The summed E-state index contributed by atoms with van der Waals surface area (Å²) in [5, 5.41) is 10.5.